The first-order valence-electron chi connectivity index (χ1n) is 11.4. The highest BCUT2D eigenvalue weighted by atomic mass is 35.5. The Bertz CT molecular complexity index is 1830. The second-order valence-electron chi connectivity index (χ2n) is 9.16. The summed E-state index contributed by atoms with van der Waals surface area (Å²) >= 11 is 6.27. The van der Waals surface area contributed by atoms with Crippen LogP contribution < -0.4 is 19.9 Å². The van der Waals surface area contributed by atoms with Crippen molar-refractivity contribution in [3.05, 3.63) is 80.3 Å². The van der Waals surface area contributed by atoms with E-state index >= 15 is 0 Å². The maximum Gasteiger partial charge on any atom is 0.295 e. The largest absolute Gasteiger partial charge is 0.455 e. The second kappa shape index (κ2) is 8.12. The molecule has 186 valence electrons. The van der Waals surface area contributed by atoms with E-state index in [4.69, 9.17) is 16.3 Å². The highest BCUT2D eigenvalue weighted by molar-refractivity contribution is 7.86. The molecule has 0 unspecified atom stereocenters. The Balaban J connectivity index is 1.81. The lowest BCUT2D eigenvalue weighted by Gasteiger charge is -2.27. The molecule has 0 saturated carbocycles. The van der Waals surface area contributed by atoms with Gasteiger partial charge in [-0.1, -0.05) is 17.7 Å². The zero-order valence-electron chi connectivity index (χ0n) is 18.9. The van der Waals surface area contributed by atoms with Gasteiger partial charge in [0, 0.05) is 51.4 Å². The summed E-state index contributed by atoms with van der Waals surface area (Å²) in [7, 11) is -9.59. The Labute approximate surface area is 212 Å². The summed E-state index contributed by atoms with van der Waals surface area (Å²) in [4.78, 5) is -1.27. The minimum Gasteiger partial charge on any atom is -0.455 e. The maximum atomic E-state index is 12.5. The van der Waals surface area contributed by atoms with E-state index in [2.05, 4.69) is 4.58 Å². The van der Waals surface area contributed by atoms with Crippen LogP contribution in [-0.2, 0) is 33.1 Å². The Morgan fingerprint density at radius 3 is 2.31 bits per heavy atom. The Hall–Kier alpha value is -2.76. The number of ether oxygens (including phenoxy) is 1. The van der Waals surface area contributed by atoms with E-state index in [9.17, 15) is 25.9 Å². The van der Waals surface area contributed by atoms with Crippen molar-refractivity contribution < 1.29 is 30.7 Å². The molecule has 0 atom stereocenters. The van der Waals surface area contributed by atoms with Crippen LogP contribution in [0.2, 0.25) is 5.02 Å². The number of hydrogen-bond donors (Lipinski definition) is 2. The maximum absolute atomic E-state index is 12.5. The standard InChI is InChI=1S/C25H20ClNO7S2/c26-15-5-7-17-21(12-15)34-25-19-4-2-10-27-9-1-3-14(24(19)27)11-20(25)23(17)18-8-6-16(35(28,29)30)13-22(18)36(31,32)33/h5-8,11-13H,1-4,9-10H2,(H-,28,29,30,31,32,33)/p+1. The van der Waals surface area contributed by atoms with E-state index in [1.54, 1.807) is 18.2 Å². The minimum atomic E-state index is -4.88. The first-order chi connectivity index (χ1) is 17.0. The predicted octanol–water partition coefficient (Wildman–Crippen LogP) is 2.57. The highest BCUT2D eigenvalue weighted by Crippen LogP contribution is 2.41. The molecule has 0 bridgehead atoms. The van der Waals surface area contributed by atoms with Crippen molar-refractivity contribution >= 4 is 37.4 Å². The van der Waals surface area contributed by atoms with Gasteiger partial charge >= 0.3 is 0 Å². The molecule has 6 rings (SSSR count). The van der Waals surface area contributed by atoms with Gasteiger partial charge in [-0.25, -0.2) is 4.58 Å². The zero-order valence-corrected chi connectivity index (χ0v) is 21.3. The molecule has 3 aliphatic rings. The molecule has 2 N–H and O–H groups in total. The summed E-state index contributed by atoms with van der Waals surface area (Å²) in [5.41, 5.74) is 3.29. The van der Waals surface area contributed by atoms with Crippen LogP contribution in [-0.4, -0.2) is 39.0 Å². The first kappa shape index (κ1) is 23.6. The van der Waals surface area contributed by atoms with Crippen LogP contribution in [0, 0.1) is 0 Å². The third kappa shape index (κ3) is 3.75. The quantitative estimate of drug-likeness (QED) is 0.299. The van der Waals surface area contributed by atoms with Crippen LogP contribution >= 0.6 is 11.6 Å². The molecule has 0 radical (unpaired) electrons. The Morgan fingerprint density at radius 1 is 0.861 bits per heavy atom. The summed E-state index contributed by atoms with van der Waals surface area (Å²) < 4.78 is 76.8. The van der Waals surface area contributed by atoms with Crippen molar-refractivity contribution in [2.45, 2.75) is 35.5 Å². The van der Waals surface area contributed by atoms with Gasteiger partial charge in [0.1, 0.15) is 29.5 Å². The number of halogens is 1. The van der Waals surface area contributed by atoms with Gasteiger partial charge in [0.25, 0.3) is 20.2 Å². The van der Waals surface area contributed by atoms with Crippen molar-refractivity contribution in [1.29, 1.82) is 0 Å². The van der Waals surface area contributed by atoms with E-state index in [0.717, 1.165) is 67.4 Å². The molecular formula is C25H21ClNO7S2+. The topological polar surface area (TPSA) is 121 Å². The van der Waals surface area contributed by atoms with Crippen molar-refractivity contribution in [3.8, 4) is 11.5 Å². The zero-order chi connectivity index (χ0) is 25.4. The van der Waals surface area contributed by atoms with Crippen LogP contribution in [0.4, 0.5) is 0 Å². The number of hydrogen-bond acceptors (Lipinski definition) is 5. The smallest absolute Gasteiger partial charge is 0.295 e. The molecule has 8 nitrogen and oxygen atoms in total. The fraction of sp³-hybridized carbons (Fsp3) is 0.240. The number of fused-ring (bicyclic) bond motifs is 3. The van der Waals surface area contributed by atoms with Crippen LogP contribution in [0.3, 0.4) is 0 Å². The van der Waals surface area contributed by atoms with Crippen molar-refractivity contribution in [2.75, 3.05) is 13.1 Å². The van der Waals surface area contributed by atoms with Crippen LogP contribution in [0.25, 0.3) is 5.57 Å². The van der Waals surface area contributed by atoms with Crippen LogP contribution in [0.5, 0.6) is 11.5 Å². The summed E-state index contributed by atoms with van der Waals surface area (Å²) in [5, 5.41) is 2.25. The fourth-order valence-corrected chi connectivity index (χ4v) is 7.02. The summed E-state index contributed by atoms with van der Waals surface area (Å²) in [6, 6.07) is 10.2. The monoisotopic (exact) mass is 546 g/mol. The summed E-state index contributed by atoms with van der Waals surface area (Å²) in [6.07, 6.45) is 3.59. The summed E-state index contributed by atoms with van der Waals surface area (Å²) in [6.45, 7) is 1.92. The summed E-state index contributed by atoms with van der Waals surface area (Å²) in [5.74, 6) is 1.03. The van der Waals surface area contributed by atoms with Gasteiger partial charge in [-0.15, -0.1) is 0 Å². The Morgan fingerprint density at radius 2 is 1.58 bits per heavy atom. The average Bonchev–Trinajstić information content (AvgIpc) is 2.82. The number of nitrogens with zero attached hydrogens (tertiary/aromatic N) is 1. The van der Waals surface area contributed by atoms with Gasteiger partial charge in [-0.2, -0.15) is 16.8 Å². The molecule has 0 aliphatic carbocycles. The molecule has 3 heterocycles. The fourth-order valence-electron chi connectivity index (χ4n) is 5.55. The Kier molecular flexibility index (Phi) is 5.33. The predicted molar refractivity (Wildman–Crippen MR) is 133 cm³/mol. The van der Waals surface area contributed by atoms with Gasteiger partial charge < -0.3 is 4.74 Å². The molecule has 0 spiro atoms. The minimum absolute atomic E-state index is 0.0913. The van der Waals surface area contributed by atoms with E-state index in [1.165, 1.54) is 6.07 Å². The molecule has 11 heteroatoms. The van der Waals surface area contributed by atoms with Gasteiger partial charge in [-0.3, -0.25) is 9.11 Å². The van der Waals surface area contributed by atoms with Gasteiger partial charge in [0.15, 0.2) is 0 Å². The van der Waals surface area contributed by atoms with E-state index in [-0.39, 0.29) is 5.56 Å². The van der Waals surface area contributed by atoms with E-state index < -0.39 is 30.0 Å². The SMILES string of the molecule is O=S(=O)(O)c1ccc(C2=c3cc4c5c(c3Oc3cc(Cl)ccc32)CCC[N+]=5CCC4)c(S(=O)(=O)O)c1. The third-order valence-corrected chi connectivity index (χ3v) is 8.94. The lowest BCUT2D eigenvalue weighted by Crippen LogP contribution is -2.45. The van der Waals surface area contributed by atoms with Crippen molar-refractivity contribution in [1.82, 2.24) is 4.58 Å². The molecule has 0 aromatic heterocycles. The van der Waals surface area contributed by atoms with Crippen LogP contribution in [0.1, 0.15) is 35.1 Å². The molecule has 0 amide bonds. The van der Waals surface area contributed by atoms with Crippen molar-refractivity contribution in [3.63, 3.8) is 0 Å². The molecule has 3 aromatic rings. The normalized spacial score (nSPS) is 16.6. The number of benzene rings is 3. The molecule has 0 saturated heterocycles. The van der Waals surface area contributed by atoms with E-state index in [1.807, 2.05) is 6.07 Å². The third-order valence-electron chi connectivity index (χ3n) is 6.97. The molecule has 0 fully saturated rings. The van der Waals surface area contributed by atoms with Crippen LogP contribution in [0.15, 0.2) is 52.3 Å². The van der Waals surface area contributed by atoms with E-state index in [0.29, 0.717) is 32.9 Å². The first-order valence-corrected chi connectivity index (χ1v) is 14.7. The molecular weight excluding hydrogens is 526 g/mol. The molecule has 3 aliphatic heterocycles. The molecule has 3 aromatic carbocycles. The van der Waals surface area contributed by atoms with Gasteiger partial charge in [0.2, 0.25) is 5.36 Å². The lowest BCUT2D eigenvalue weighted by molar-refractivity contribution is 0.437. The van der Waals surface area contributed by atoms with Crippen molar-refractivity contribution in [2.24, 2.45) is 0 Å². The van der Waals surface area contributed by atoms with Gasteiger partial charge in [-0.05, 0) is 43.2 Å². The number of aryl methyl sites for hydroxylation is 1. The molecule has 36 heavy (non-hydrogen) atoms. The lowest BCUT2D eigenvalue weighted by atomic mass is 9.87. The van der Waals surface area contributed by atoms with Gasteiger partial charge in [0.05, 0.1) is 10.5 Å². The second-order valence-corrected chi connectivity index (χ2v) is 12.4. The average molecular weight is 547 g/mol. The number of rotatable bonds is 3. The highest BCUT2D eigenvalue weighted by Gasteiger charge is 2.33.